The largest absolute Gasteiger partial charge is 1.00 e. The Bertz CT molecular complexity index is 172. The Hall–Kier alpha value is 0.420. The van der Waals surface area contributed by atoms with Gasteiger partial charge in [0.2, 0.25) is 0 Å². The van der Waals surface area contributed by atoms with Crippen molar-refractivity contribution in [2.75, 3.05) is 53.7 Å². The molecule has 0 saturated carbocycles. The fraction of sp³-hybridized carbons (Fsp3) is 1.00. The molecule has 1 heterocycles. The summed E-state index contributed by atoms with van der Waals surface area (Å²) in [6.45, 7) is 2.50. The number of likely N-dealkylation sites (tertiary alicyclic amines) is 1. The van der Waals surface area contributed by atoms with Crippen LogP contribution in [0.15, 0.2) is 0 Å². The van der Waals surface area contributed by atoms with Crippen LogP contribution in [0.1, 0.15) is 0 Å². The Labute approximate surface area is 110 Å². The SMILES string of the molecule is CN(C)CC(O)CCl.C[N+]1(C)CC(O)C1.[Cl-]. The Morgan fingerprint density at radius 1 is 1.38 bits per heavy atom. The fourth-order valence-corrected chi connectivity index (χ4v) is 1.66. The third kappa shape index (κ3) is 9.63. The van der Waals surface area contributed by atoms with Crippen LogP contribution in [0.4, 0.5) is 0 Å². The standard InChI is InChI=1S/C5H12ClNO.C5H12NO.ClH/c1-7(2)4-5(8)3-6;1-6(2)3-5(7)4-6;/h5,8H,3-4H2,1-2H3;5,7H,3-4H2,1-2H3;1H/q;+1;/p-1. The first kappa shape index (κ1) is 18.8. The summed E-state index contributed by atoms with van der Waals surface area (Å²) in [5.41, 5.74) is 0. The molecule has 0 amide bonds. The van der Waals surface area contributed by atoms with E-state index < -0.39 is 0 Å². The van der Waals surface area contributed by atoms with Crippen LogP contribution in [-0.2, 0) is 0 Å². The zero-order valence-corrected chi connectivity index (χ0v) is 12.0. The van der Waals surface area contributed by atoms with Gasteiger partial charge in [0, 0.05) is 12.4 Å². The first-order valence-corrected chi connectivity index (χ1v) is 5.69. The molecule has 6 heteroatoms. The van der Waals surface area contributed by atoms with Crippen LogP contribution in [0.3, 0.4) is 0 Å². The highest BCUT2D eigenvalue weighted by Crippen LogP contribution is 2.11. The number of quaternary nitrogens is 1. The molecule has 0 aromatic heterocycles. The van der Waals surface area contributed by atoms with E-state index in [4.69, 9.17) is 21.8 Å². The van der Waals surface area contributed by atoms with Crippen molar-refractivity contribution >= 4 is 11.6 Å². The molecule has 1 unspecified atom stereocenters. The van der Waals surface area contributed by atoms with Crippen molar-refractivity contribution in [2.45, 2.75) is 12.2 Å². The molecule has 1 saturated heterocycles. The molecule has 100 valence electrons. The first-order chi connectivity index (χ1) is 6.76. The lowest BCUT2D eigenvalue weighted by molar-refractivity contribution is -0.937. The van der Waals surface area contributed by atoms with E-state index in [0.717, 1.165) is 17.6 Å². The van der Waals surface area contributed by atoms with Crippen molar-refractivity contribution in [1.29, 1.82) is 0 Å². The van der Waals surface area contributed by atoms with Gasteiger partial charge in [0.1, 0.15) is 13.1 Å². The lowest BCUT2D eigenvalue weighted by atomic mass is 10.1. The molecule has 2 N–H and O–H groups in total. The molecule has 1 atom stereocenters. The van der Waals surface area contributed by atoms with Crippen molar-refractivity contribution in [1.82, 2.24) is 4.90 Å². The maximum atomic E-state index is 8.85. The second kappa shape index (κ2) is 8.50. The molecule has 16 heavy (non-hydrogen) atoms. The number of halogens is 2. The van der Waals surface area contributed by atoms with Gasteiger partial charge in [-0.1, -0.05) is 0 Å². The highest BCUT2D eigenvalue weighted by molar-refractivity contribution is 6.18. The van der Waals surface area contributed by atoms with E-state index in [-0.39, 0.29) is 24.6 Å². The summed E-state index contributed by atoms with van der Waals surface area (Å²) < 4.78 is 0.987. The van der Waals surface area contributed by atoms with E-state index >= 15 is 0 Å². The number of likely N-dealkylation sites (N-methyl/N-ethyl adjacent to an activating group) is 2. The smallest absolute Gasteiger partial charge is 0.152 e. The van der Waals surface area contributed by atoms with Crippen molar-refractivity contribution < 1.29 is 27.1 Å². The Morgan fingerprint density at radius 3 is 1.88 bits per heavy atom. The minimum absolute atomic E-state index is 0. The van der Waals surface area contributed by atoms with Gasteiger partial charge in [-0.3, -0.25) is 0 Å². The third-order valence-corrected chi connectivity index (χ3v) is 2.52. The number of hydrogen-bond acceptors (Lipinski definition) is 3. The predicted octanol–water partition coefficient (Wildman–Crippen LogP) is -3.41. The van der Waals surface area contributed by atoms with Crippen LogP contribution in [0, 0.1) is 0 Å². The molecule has 1 fully saturated rings. The average Bonchev–Trinajstić information content (AvgIpc) is 2.00. The normalized spacial score (nSPS) is 20.2. The molecule has 0 spiro atoms. The Kier molecular flexibility index (Phi) is 9.98. The summed E-state index contributed by atoms with van der Waals surface area (Å²) in [6.07, 6.45) is -0.401. The summed E-state index contributed by atoms with van der Waals surface area (Å²) in [5.74, 6) is 0.318. The zero-order chi connectivity index (χ0) is 12.1. The van der Waals surface area contributed by atoms with E-state index in [1.807, 2.05) is 19.0 Å². The molecule has 0 bridgehead atoms. The van der Waals surface area contributed by atoms with Gasteiger partial charge < -0.3 is 32.0 Å². The van der Waals surface area contributed by atoms with E-state index in [2.05, 4.69) is 14.1 Å². The van der Waals surface area contributed by atoms with Crippen LogP contribution >= 0.6 is 11.6 Å². The lowest BCUT2D eigenvalue weighted by Crippen LogP contribution is -3.00. The molecular formula is C10H24Cl2N2O2. The molecule has 0 aliphatic carbocycles. The molecule has 1 aliphatic rings. The molecule has 0 radical (unpaired) electrons. The lowest BCUT2D eigenvalue weighted by Gasteiger charge is -2.41. The van der Waals surface area contributed by atoms with Gasteiger partial charge in [0.25, 0.3) is 0 Å². The third-order valence-electron chi connectivity index (χ3n) is 2.16. The topological polar surface area (TPSA) is 43.7 Å². The molecule has 4 nitrogen and oxygen atoms in total. The van der Waals surface area contributed by atoms with Crippen molar-refractivity contribution in [2.24, 2.45) is 0 Å². The van der Waals surface area contributed by atoms with Crippen LogP contribution in [0.25, 0.3) is 0 Å². The molecule has 0 aromatic rings. The van der Waals surface area contributed by atoms with Gasteiger partial charge in [-0.05, 0) is 14.1 Å². The van der Waals surface area contributed by atoms with Gasteiger partial charge in [0.15, 0.2) is 6.10 Å². The number of nitrogens with zero attached hydrogens (tertiary/aromatic N) is 2. The maximum absolute atomic E-state index is 8.85. The van der Waals surface area contributed by atoms with E-state index in [1.54, 1.807) is 0 Å². The molecule has 1 aliphatic heterocycles. The predicted molar refractivity (Wildman–Crippen MR) is 63.1 cm³/mol. The minimum atomic E-state index is -0.383. The van der Waals surface area contributed by atoms with E-state index in [9.17, 15) is 0 Å². The van der Waals surface area contributed by atoms with Gasteiger partial charge in [-0.2, -0.15) is 0 Å². The highest BCUT2D eigenvalue weighted by atomic mass is 35.5. The monoisotopic (exact) mass is 274 g/mol. The summed E-state index contributed by atoms with van der Waals surface area (Å²) in [5, 5.41) is 17.6. The number of hydrogen-bond donors (Lipinski definition) is 2. The van der Waals surface area contributed by atoms with Gasteiger partial charge in [0.05, 0.1) is 20.2 Å². The highest BCUT2D eigenvalue weighted by Gasteiger charge is 2.34. The summed E-state index contributed by atoms with van der Waals surface area (Å²) >= 11 is 5.32. The number of aliphatic hydroxyl groups excluding tert-OH is 2. The van der Waals surface area contributed by atoms with E-state index in [0.29, 0.717) is 12.4 Å². The second-order valence-corrected chi connectivity index (χ2v) is 5.33. The number of rotatable bonds is 3. The summed E-state index contributed by atoms with van der Waals surface area (Å²) in [7, 11) is 8.03. The summed E-state index contributed by atoms with van der Waals surface area (Å²) in [4.78, 5) is 1.90. The molecular weight excluding hydrogens is 251 g/mol. The maximum Gasteiger partial charge on any atom is 0.152 e. The van der Waals surface area contributed by atoms with Crippen molar-refractivity contribution in [3.8, 4) is 0 Å². The number of alkyl halides is 1. The molecule has 0 aromatic carbocycles. The fourth-order valence-electron chi connectivity index (χ4n) is 1.56. The van der Waals surface area contributed by atoms with E-state index in [1.165, 1.54) is 0 Å². The van der Waals surface area contributed by atoms with Gasteiger partial charge >= 0.3 is 0 Å². The first-order valence-electron chi connectivity index (χ1n) is 5.15. The zero-order valence-electron chi connectivity index (χ0n) is 10.5. The Balaban J connectivity index is 0. The Morgan fingerprint density at radius 2 is 1.81 bits per heavy atom. The second-order valence-electron chi connectivity index (χ2n) is 5.03. The minimum Gasteiger partial charge on any atom is -1.00 e. The van der Waals surface area contributed by atoms with Crippen LogP contribution < -0.4 is 12.4 Å². The average molecular weight is 275 g/mol. The quantitative estimate of drug-likeness (QED) is 0.417. The summed E-state index contributed by atoms with van der Waals surface area (Å²) in [6, 6.07) is 0. The van der Waals surface area contributed by atoms with Crippen molar-refractivity contribution in [3.63, 3.8) is 0 Å². The van der Waals surface area contributed by atoms with Crippen LogP contribution in [0.5, 0.6) is 0 Å². The van der Waals surface area contributed by atoms with Crippen LogP contribution in [-0.4, -0.2) is 85.5 Å². The molecule has 1 rings (SSSR count). The van der Waals surface area contributed by atoms with Crippen molar-refractivity contribution in [3.05, 3.63) is 0 Å². The number of aliphatic hydroxyl groups is 2. The van der Waals surface area contributed by atoms with Gasteiger partial charge in [-0.25, -0.2) is 0 Å². The van der Waals surface area contributed by atoms with Gasteiger partial charge in [-0.15, -0.1) is 11.6 Å². The van der Waals surface area contributed by atoms with Crippen LogP contribution in [0.2, 0.25) is 0 Å².